The molecule has 5 nitrogen and oxygen atoms in total. The fraction of sp³-hybridized carbons (Fsp3) is 0.750. The molecule has 1 aromatic rings. The fourth-order valence-electron chi connectivity index (χ4n) is 4.14. The van der Waals surface area contributed by atoms with Crippen molar-refractivity contribution >= 4 is 30.7 Å². The molecular weight excluding hydrogens is 335 g/mol. The number of amides is 1. The molecule has 1 aromatic heterocycles. The van der Waals surface area contributed by atoms with Crippen molar-refractivity contribution in [1.82, 2.24) is 15.1 Å². The van der Waals surface area contributed by atoms with Crippen molar-refractivity contribution in [2.45, 2.75) is 57.0 Å². The molecule has 3 N–H and O–H groups in total. The Morgan fingerprint density at radius 2 is 2.00 bits per heavy atom. The van der Waals surface area contributed by atoms with Crippen LogP contribution in [-0.4, -0.2) is 27.8 Å². The van der Waals surface area contributed by atoms with Gasteiger partial charge in [-0.15, -0.1) is 24.8 Å². The van der Waals surface area contributed by atoms with Gasteiger partial charge in [0.1, 0.15) is 0 Å². The van der Waals surface area contributed by atoms with Crippen LogP contribution in [0.5, 0.6) is 0 Å². The van der Waals surface area contributed by atoms with Crippen LogP contribution in [0.2, 0.25) is 0 Å². The maximum absolute atomic E-state index is 12.2. The summed E-state index contributed by atoms with van der Waals surface area (Å²) in [6.07, 6.45) is 11.0. The summed E-state index contributed by atoms with van der Waals surface area (Å²) in [4.78, 5) is 12.2. The van der Waals surface area contributed by atoms with Crippen LogP contribution in [-0.2, 0) is 18.3 Å². The van der Waals surface area contributed by atoms with Crippen molar-refractivity contribution in [2.75, 3.05) is 0 Å². The maximum Gasteiger partial charge on any atom is 0.220 e. The average Bonchev–Trinajstić information content (AvgIpc) is 2.83. The Kier molecular flexibility index (Phi) is 7.84. The second-order valence-electron chi connectivity index (χ2n) is 6.80. The molecule has 1 amide bonds. The van der Waals surface area contributed by atoms with Gasteiger partial charge < -0.3 is 11.1 Å². The molecule has 132 valence electrons. The third-order valence-corrected chi connectivity index (χ3v) is 5.10. The number of fused-ring (bicyclic) bond motifs is 2. The summed E-state index contributed by atoms with van der Waals surface area (Å²) in [6, 6.07) is 0.698. The topological polar surface area (TPSA) is 72.9 Å². The van der Waals surface area contributed by atoms with E-state index < -0.39 is 0 Å². The highest BCUT2D eigenvalue weighted by Gasteiger charge is 2.39. The van der Waals surface area contributed by atoms with Gasteiger partial charge in [0.15, 0.2) is 0 Å². The van der Waals surface area contributed by atoms with Crippen molar-refractivity contribution in [3.05, 3.63) is 18.0 Å². The van der Waals surface area contributed by atoms with E-state index in [4.69, 9.17) is 5.73 Å². The van der Waals surface area contributed by atoms with Gasteiger partial charge >= 0.3 is 0 Å². The second kappa shape index (κ2) is 8.90. The molecular formula is C16H28Cl2N4O. The van der Waals surface area contributed by atoms with Crippen LogP contribution in [0.4, 0.5) is 0 Å². The molecule has 0 aliphatic heterocycles. The minimum absolute atomic E-state index is 0. The van der Waals surface area contributed by atoms with Crippen LogP contribution >= 0.6 is 24.8 Å². The van der Waals surface area contributed by atoms with Crippen LogP contribution in [0.3, 0.4) is 0 Å². The summed E-state index contributed by atoms with van der Waals surface area (Å²) in [5.74, 6) is 1.36. The van der Waals surface area contributed by atoms with Crippen molar-refractivity contribution in [3.8, 4) is 0 Å². The minimum atomic E-state index is 0. The van der Waals surface area contributed by atoms with E-state index in [9.17, 15) is 4.79 Å². The molecule has 0 spiro atoms. The lowest BCUT2D eigenvalue weighted by Gasteiger charge is -2.45. The van der Waals surface area contributed by atoms with Gasteiger partial charge in [-0.2, -0.15) is 5.10 Å². The molecule has 2 aliphatic carbocycles. The zero-order valence-electron chi connectivity index (χ0n) is 13.6. The van der Waals surface area contributed by atoms with E-state index in [0.717, 1.165) is 24.8 Å². The average molecular weight is 363 g/mol. The number of carbonyl (C=O) groups is 1. The lowest BCUT2D eigenvalue weighted by Crippen LogP contribution is -2.53. The van der Waals surface area contributed by atoms with Crippen LogP contribution in [0.1, 0.15) is 44.1 Å². The number of aryl methyl sites for hydroxylation is 2. The summed E-state index contributed by atoms with van der Waals surface area (Å²) < 4.78 is 1.78. The Labute approximate surface area is 150 Å². The zero-order valence-corrected chi connectivity index (χ0v) is 15.2. The maximum atomic E-state index is 12.2. The van der Waals surface area contributed by atoms with Gasteiger partial charge in [-0.05, 0) is 49.5 Å². The first-order valence-corrected chi connectivity index (χ1v) is 8.14. The molecule has 1 heterocycles. The van der Waals surface area contributed by atoms with Gasteiger partial charge in [-0.25, -0.2) is 0 Å². The normalized spacial score (nSPS) is 29.1. The molecule has 2 saturated carbocycles. The fourth-order valence-corrected chi connectivity index (χ4v) is 4.14. The highest BCUT2D eigenvalue weighted by Crippen LogP contribution is 2.39. The number of halogens is 2. The Bertz CT molecular complexity index is 494. The molecule has 23 heavy (non-hydrogen) atoms. The van der Waals surface area contributed by atoms with E-state index >= 15 is 0 Å². The zero-order chi connectivity index (χ0) is 14.8. The third-order valence-electron chi connectivity index (χ3n) is 5.10. The Morgan fingerprint density at radius 1 is 1.35 bits per heavy atom. The van der Waals surface area contributed by atoms with E-state index in [-0.39, 0.29) is 30.7 Å². The van der Waals surface area contributed by atoms with Crippen LogP contribution < -0.4 is 11.1 Å². The number of hydrogen-bond acceptors (Lipinski definition) is 3. The molecule has 0 aromatic carbocycles. The number of hydrogen-bond donors (Lipinski definition) is 2. The largest absolute Gasteiger partial charge is 0.353 e. The monoisotopic (exact) mass is 362 g/mol. The molecule has 3 rings (SSSR count). The van der Waals surface area contributed by atoms with Crippen molar-refractivity contribution in [2.24, 2.45) is 24.6 Å². The molecule has 2 bridgehead atoms. The number of rotatable bonds is 4. The van der Waals surface area contributed by atoms with Crippen LogP contribution in [0.15, 0.2) is 12.4 Å². The SMILES string of the molecule is Cl.Cl.Cn1cc(CCC(=O)NC2C3CCCC2CC(N)C3)cn1. The van der Waals surface area contributed by atoms with Gasteiger partial charge in [-0.3, -0.25) is 9.48 Å². The number of aromatic nitrogens is 2. The Morgan fingerprint density at radius 3 is 2.57 bits per heavy atom. The summed E-state index contributed by atoms with van der Waals surface area (Å²) >= 11 is 0. The molecule has 0 saturated heterocycles. The predicted molar refractivity (Wildman–Crippen MR) is 96.0 cm³/mol. The Hall–Kier alpha value is -0.780. The number of carbonyl (C=O) groups excluding carboxylic acids is 1. The van der Waals surface area contributed by atoms with Gasteiger partial charge in [0, 0.05) is 31.7 Å². The van der Waals surface area contributed by atoms with E-state index in [0.29, 0.717) is 30.3 Å². The van der Waals surface area contributed by atoms with Crippen molar-refractivity contribution in [3.63, 3.8) is 0 Å². The van der Waals surface area contributed by atoms with Gasteiger partial charge in [0.05, 0.1) is 6.20 Å². The lowest BCUT2D eigenvalue weighted by molar-refractivity contribution is -0.123. The van der Waals surface area contributed by atoms with Crippen LogP contribution in [0, 0.1) is 11.8 Å². The summed E-state index contributed by atoms with van der Waals surface area (Å²) in [5, 5.41) is 7.43. The highest BCUT2D eigenvalue weighted by atomic mass is 35.5. The van der Waals surface area contributed by atoms with Crippen molar-refractivity contribution < 1.29 is 4.79 Å². The number of nitrogens with zero attached hydrogens (tertiary/aromatic N) is 2. The Balaban J connectivity index is 0.00000132. The molecule has 2 fully saturated rings. The quantitative estimate of drug-likeness (QED) is 0.862. The highest BCUT2D eigenvalue weighted by molar-refractivity contribution is 5.85. The smallest absolute Gasteiger partial charge is 0.220 e. The minimum Gasteiger partial charge on any atom is -0.353 e. The van der Waals surface area contributed by atoms with E-state index in [1.165, 1.54) is 19.3 Å². The van der Waals surface area contributed by atoms with E-state index in [1.807, 2.05) is 19.4 Å². The van der Waals surface area contributed by atoms with Crippen molar-refractivity contribution in [1.29, 1.82) is 0 Å². The van der Waals surface area contributed by atoms with E-state index in [1.54, 1.807) is 4.68 Å². The summed E-state index contributed by atoms with van der Waals surface area (Å²) in [5.41, 5.74) is 7.26. The second-order valence-corrected chi connectivity index (χ2v) is 6.80. The number of nitrogens with one attached hydrogen (secondary N) is 1. The first-order chi connectivity index (χ1) is 10.1. The van der Waals surface area contributed by atoms with Gasteiger partial charge in [-0.1, -0.05) is 6.42 Å². The van der Waals surface area contributed by atoms with Gasteiger partial charge in [0.25, 0.3) is 0 Å². The lowest BCUT2D eigenvalue weighted by atomic mass is 9.67. The van der Waals surface area contributed by atoms with Gasteiger partial charge in [0.2, 0.25) is 5.91 Å². The molecule has 0 radical (unpaired) electrons. The third kappa shape index (κ3) is 5.10. The molecule has 7 heteroatoms. The molecule has 2 aliphatic rings. The summed E-state index contributed by atoms with van der Waals surface area (Å²) in [7, 11) is 1.90. The summed E-state index contributed by atoms with van der Waals surface area (Å²) in [6.45, 7) is 0. The first-order valence-electron chi connectivity index (χ1n) is 8.14. The van der Waals surface area contributed by atoms with Crippen LogP contribution in [0.25, 0.3) is 0 Å². The number of nitrogens with two attached hydrogens (primary N) is 1. The molecule has 2 unspecified atom stereocenters. The first kappa shape index (κ1) is 20.3. The molecule has 2 atom stereocenters. The van der Waals surface area contributed by atoms with E-state index in [2.05, 4.69) is 10.4 Å². The predicted octanol–water partition coefficient (Wildman–Crippen LogP) is 2.22. The standard InChI is InChI=1S/C16H26N4O.2ClH/c1-20-10-11(9-18-20)5-6-15(21)19-16-12-3-2-4-13(16)8-14(17)7-12;;/h9-10,12-14,16H,2-8,17H2,1H3,(H,19,21);2*1H.